The molecule has 0 bridgehead atoms. The lowest BCUT2D eigenvalue weighted by Gasteiger charge is -2.21. The van der Waals surface area contributed by atoms with Gasteiger partial charge < -0.3 is 10.2 Å². The first-order valence-corrected chi connectivity index (χ1v) is 10.4. The Morgan fingerprint density at radius 1 is 1.22 bits per heavy atom. The van der Waals surface area contributed by atoms with Gasteiger partial charge in [0.2, 0.25) is 5.95 Å². The number of thiophene rings is 1. The van der Waals surface area contributed by atoms with Crippen LogP contribution in [0.4, 0.5) is 10.3 Å². The monoisotopic (exact) mass is 404 g/mol. The number of halogens is 2. The van der Waals surface area contributed by atoms with Crippen molar-refractivity contribution in [3.8, 4) is 0 Å². The van der Waals surface area contributed by atoms with Crippen LogP contribution in [0.15, 0.2) is 30.3 Å². The summed E-state index contributed by atoms with van der Waals surface area (Å²) in [6.07, 6.45) is 3.27. The molecule has 1 atom stereocenters. The summed E-state index contributed by atoms with van der Waals surface area (Å²) in [7, 11) is 0. The first-order chi connectivity index (χ1) is 13.1. The van der Waals surface area contributed by atoms with Crippen molar-refractivity contribution < 1.29 is 4.39 Å². The highest BCUT2D eigenvalue weighted by molar-refractivity contribution is 7.16. The Morgan fingerprint density at radius 3 is 2.93 bits per heavy atom. The van der Waals surface area contributed by atoms with Gasteiger partial charge in [-0.25, -0.2) is 14.4 Å². The second-order valence-electron chi connectivity index (χ2n) is 6.97. The molecule has 0 spiro atoms. The number of nitrogens with zero attached hydrogens (tertiary/aromatic N) is 3. The molecule has 27 heavy (non-hydrogen) atoms. The van der Waals surface area contributed by atoms with Crippen LogP contribution >= 0.6 is 22.9 Å². The van der Waals surface area contributed by atoms with E-state index in [0.29, 0.717) is 6.04 Å². The molecule has 7 heteroatoms. The van der Waals surface area contributed by atoms with E-state index < -0.39 is 0 Å². The minimum atomic E-state index is -0.252. The summed E-state index contributed by atoms with van der Waals surface area (Å²) in [5.41, 5.74) is 1.62. The predicted octanol–water partition coefficient (Wildman–Crippen LogP) is 4.94. The first kappa shape index (κ1) is 18.6. The minimum Gasteiger partial charge on any atom is -0.341 e. The van der Waals surface area contributed by atoms with Crippen LogP contribution in [0.1, 0.15) is 29.8 Å². The molecule has 3 aromatic rings. The number of aromatic nitrogens is 2. The second kappa shape index (κ2) is 8.09. The van der Waals surface area contributed by atoms with Gasteiger partial charge in [-0.2, -0.15) is 0 Å². The standard InChI is InChI=1S/C20H22ClFN4S/c1-13-17-11-14(22)4-6-18(17)25-20(24-13)26-9-2-3-15(8-10-26)23-12-16-5-7-19(21)27-16/h4-7,11,15,23H,2-3,8-10,12H2,1H3. The maximum Gasteiger partial charge on any atom is 0.226 e. The van der Waals surface area contributed by atoms with Gasteiger partial charge in [-0.1, -0.05) is 11.6 Å². The summed E-state index contributed by atoms with van der Waals surface area (Å²) in [5.74, 6) is 0.495. The highest BCUT2D eigenvalue weighted by atomic mass is 35.5. The van der Waals surface area contributed by atoms with E-state index in [1.165, 1.54) is 17.0 Å². The van der Waals surface area contributed by atoms with Crippen LogP contribution in [0.2, 0.25) is 4.34 Å². The lowest BCUT2D eigenvalue weighted by atomic mass is 10.1. The van der Waals surface area contributed by atoms with Crippen molar-refractivity contribution in [1.29, 1.82) is 0 Å². The highest BCUT2D eigenvalue weighted by Crippen LogP contribution is 2.24. The van der Waals surface area contributed by atoms with Crippen molar-refractivity contribution in [3.63, 3.8) is 0 Å². The van der Waals surface area contributed by atoms with E-state index in [1.54, 1.807) is 17.4 Å². The molecule has 4 rings (SSSR count). The molecule has 0 radical (unpaired) electrons. The van der Waals surface area contributed by atoms with Crippen molar-refractivity contribution in [1.82, 2.24) is 15.3 Å². The summed E-state index contributed by atoms with van der Waals surface area (Å²) in [6.45, 7) is 4.63. The number of benzene rings is 1. The smallest absolute Gasteiger partial charge is 0.226 e. The van der Waals surface area contributed by atoms with Crippen molar-refractivity contribution in [2.24, 2.45) is 0 Å². The Balaban J connectivity index is 1.43. The number of nitrogens with one attached hydrogen (secondary N) is 1. The Bertz CT molecular complexity index is 945. The summed E-state index contributed by atoms with van der Waals surface area (Å²) in [6, 6.07) is 9.20. The van der Waals surface area contributed by atoms with E-state index in [9.17, 15) is 4.39 Å². The number of aryl methyl sites for hydroxylation is 1. The molecule has 1 fully saturated rings. The molecule has 142 valence electrons. The molecule has 0 aliphatic carbocycles. The Kier molecular flexibility index (Phi) is 5.57. The number of hydrogen-bond acceptors (Lipinski definition) is 5. The van der Waals surface area contributed by atoms with E-state index in [1.807, 2.05) is 13.0 Å². The van der Waals surface area contributed by atoms with Crippen molar-refractivity contribution >= 4 is 39.8 Å². The van der Waals surface area contributed by atoms with Crippen LogP contribution in [-0.4, -0.2) is 29.1 Å². The predicted molar refractivity (Wildman–Crippen MR) is 110 cm³/mol. The van der Waals surface area contributed by atoms with Gasteiger partial charge in [0.1, 0.15) is 5.82 Å². The molecule has 0 amide bonds. The van der Waals surface area contributed by atoms with E-state index in [2.05, 4.69) is 26.3 Å². The molecule has 1 unspecified atom stereocenters. The average Bonchev–Trinajstić information content (AvgIpc) is 2.92. The third kappa shape index (κ3) is 4.39. The number of hydrogen-bond donors (Lipinski definition) is 1. The fraction of sp³-hybridized carbons (Fsp3) is 0.400. The molecule has 1 aliphatic rings. The van der Waals surface area contributed by atoms with E-state index in [4.69, 9.17) is 11.6 Å². The van der Waals surface area contributed by atoms with Crippen molar-refractivity contribution in [2.75, 3.05) is 18.0 Å². The molecule has 1 aliphatic heterocycles. The van der Waals surface area contributed by atoms with E-state index in [0.717, 1.165) is 65.8 Å². The van der Waals surface area contributed by atoms with Gasteiger partial charge in [0, 0.05) is 35.9 Å². The molecule has 1 N–H and O–H groups in total. The SMILES string of the molecule is Cc1nc(N2CCCC(NCc3ccc(Cl)s3)CC2)nc2ccc(F)cc12. The lowest BCUT2D eigenvalue weighted by Crippen LogP contribution is -2.31. The first-order valence-electron chi connectivity index (χ1n) is 9.25. The zero-order valence-corrected chi connectivity index (χ0v) is 16.8. The fourth-order valence-corrected chi connectivity index (χ4v) is 4.61. The second-order valence-corrected chi connectivity index (χ2v) is 8.77. The van der Waals surface area contributed by atoms with E-state index >= 15 is 0 Å². The summed E-state index contributed by atoms with van der Waals surface area (Å²) >= 11 is 7.64. The van der Waals surface area contributed by atoms with Gasteiger partial charge in [0.05, 0.1) is 15.5 Å². The Morgan fingerprint density at radius 2 is 2.11 bits per heavy atom. The van der Waals surface area contributed by atoms with Crippen LogP contribution in [0.5, 0.6) is 0 Å². The van der Waals surface area contributed by atoms with E-state index in [-0.39, 0.29) is 5.82 Å². The quantitative estimate of drug-likeness (QED) is 0.668. The summed E-state index contributed by atoms with van der Waals surface area (Å²) in [5, 5.41) is 4.43. The van der Waals surface area contributed by atoms with Gasteiger partial charge in [-0.15, -0.1) is 11.3 Å². The van der Waals surface area contributed by atoms with Gasteiger partial charge in [0.15, 0.2) is 0 Å². The van der Waals surface area contributed by atoms with Crippen LogP contribution in [0.3, 0.4) is 0 Å². The zero-order chi connectivity index (χ0) is 18.8. The minimum absolute atomic E-state index is 0.252. The third-order valence-corrected chi connectivity index (χ3v) is 6.27. The largest absolute Gasteiger partial charge is 0.341 e. The van der Waals surface area contributed by atoms with Crippen LogP contribution in [0, 0.1) is 12.7 Å². The van der Waals surface area contributed by atoms with Crippen molar-refractivity contribution in [3.05, 3.63) is 51.1 Å². The normalized spacial score (nSPS) is 18.0. The average molecular weight is 405 g/mol. The van der Waals surface area contributed by atoms with Crippen LogP contribution in [-0.2, 0) is 6.54 Å². The highest BCUT2D eigenvalue weighted by Gasteiger charge is 2.19. The summed E-state index contributed by atoms with van der Waals surface area (Å²) < 4.78 is 14.3. The molecule has 0 saturated carbocycles. The van der Waals surface area contributed by atoms with Gasteiger partial charge in [-0.05, 0) is 56.5 Å². The van der Waals surface area contributed by atoms with Gasteiger partial charge in [-0.3, -0.25) is 0 Å². The Labute approximate surface area is 167 Å². The van der Waals surface area contributed by atoms with Gasteiger partial charge in [0.25, 0.3) is 0 Å². The maximum atomic E-state index is 13.5. The molecular weight excluding hydrogens is 383 g/mol. The maximum absolute atomic E-state index is 13.5. The van der Waals surface area contributed by atoms with Crippen LogP contribution < -0.4 is 10.2 Å². The summed E-state index contributed by atoms with van der Waals surface area (Å²) in [4.78, 5) is 12.8. The molecular formula is C20H22ClFN4S. The van der Waals surface area contributed by atoms with Crippen LogP contribution in [0.25, 0.3) is 10.9 Å². The molecule has 2 aromatic heterocycles. The molecule has 1 saturated heterocycles. The number of fused-ring (bicyclic) bond motifs is 1. The lowest BCUT2D eigenvalue weighted by molar-refractivity contribution is 0.472. The molecule has 3 heterocycles. The van der Waals surface area contributed by atoms with Gasteiger partial charge >= 0.3 is 0 Å². The third-order valence-electron chi connectivity index (χ3n) is 5.04. The fourth-order valence-electron chi connectivity index (χ4n) is 3.57. The molecule has 1 aromatic carbocycles. The number of anilines is 1. The topological polar surface area (TPSA) is 41.1 Å². The molecule has 4 nitrogen and oxygen atoms in total. The zero-order valence-electron chi connectivity index (χ0n) is 15.2. The number of rotatable bonds is 4. The Hall–Kier alpha value is -1.76. The van der Waals surface area contributed by atoms with Crippen molar-refractivity contribution in [2.45, 2.75) is 38.8 Å².